The molecule has 4 N–H and O–H groups in total. The third kappa shape index (κ3) is 3.25. The number of anilines is 1. The highest BCUT2D eigenvalue weighted by atomic mass is 19.1. The minimum absolute atomic E-state index is 0.0397. The zero-order valence-corrected chi connectivity index (χ0v) is 9.92. The van der Waals surface area contributed by atoms with Gasteiger partial charge in [-0.3, -0.25) is 0 Å². The SMILES string of the molecule is O=C(NCc1nn[nH]n1)Nc1ccc(C(=O)O)c(F)c1. The number of aromatic amines is 1. The lowest BCUT2D eigenvalue weighted by atomic mass is 10.2. The molecule has 104 valence electrons. The Morgan fingerprint density at radius 1 is 1.40 bits per heavy atom. The predicted octanol–water partition coefficient (Wildman–Crippen LogP) is 0.359. The van der Waals surface area contributed by atoms with Gasteiger partial charge in [-0.25, -0.2) is 14.0 Å². The van der Waals surface area contributed by atoms with Gasteiger partial charge in [0.25, 0.3) is 0 Å². The third-order valence-electron chi connectivity index (χ3n) is 2.25. The van der Waals surface area contributed by atoms with E-state index in [4.69, 9.17) is 5.11 Å². The summed E-state index contributed by atoms with van der Waals surface area (Å²) in [5.41, 5.74) is -0.346. The van der Waals surface area contributed by atoms with Crippen LogP contribution in [-0.4, -0.2) is 37.7 Å². The maximum Gasteiger partial charge on any atom is 0.338 e. The van der Waals surface area contributed by atoms with Gasteiger partial charge in [-0.2, -0.15) is 5.21 Å². The molecule has 2 rings (SSSR count). The minimum atomic E-state index is -1.38. The largest absolute Gasteiger partial charge is 0.478 e. The number of carboxylic acid groups (broad SMARTS) is 1. The fraction of sp³-hybridized carbons (Fsp3) is 0.100. The number of carbonyl (C=O) groups is 2. The molecule has 0 atom stereocenters. The van der Waals surface area contributed by atoms with Crippen LogP contribution < -0.4 is 10.6 Å². The molecule has 1 heterocycles. The molecule has 0 aliphatic carbocycles. The molecule has 2 amide bonds. The first kappa shape index (κ1) is 13.4. The number of hydrogen-bond donors (Lipinski definition) is 4. The molecular weight excluding hydrogens is 271 g/mol. The monoisotopic (exact) mass is 280 g/mol. The molecule has 0 bridgehead atoms. The molecule has 0 saturated heterocycles. The standard InChI is InChI=1S/C10H9FN6O3/c11-7-3-5(1-2-6(7)9(18)19)13-10(20)12-4-8-14-16-17-15-8/h1-3H,4H2,(H,18,19)(H2,12,13,20)(H,14,15,16,17). The minimum Gasteiger partial charge on any atom is -0.478 e. The van der Waals surface area contributed by atoms with Gasteiger partial charge in [-0.05, 0) is 18.2 Å². The van der Waals surface area contributed by atoms with Gasteiger partial charge in [-0.1, -0.05) is 5.21 Å². The number of aromatic nitrogens is 4. The molecule has 10 heteroatoms. The fourth-order valence-corrected chi connectivity index (χ4v) is 1.36. The average molecular weight is 280 g/mol. The summed E-state index contributed by atoms with van der Waals surface area (Å²) in [5, 5.41) is 26.2. The van der Waals surface area contributed by atoms with Gasteiger partial charge in [0.2, 0.25) is 0 Å². The Kier molecular flexibility index (Phi) is 3.84. The van der Waals surface area contributed by atoms with Gasteiger partial charge >= 0.3 is 12.0 Å². The Balaban J connectivity index is 1.94. The lowest BCUT2D eigenvalue weighted by Crippen LogP contribution is -2.28. The summed E-state index contributed by atoms with van der Waals surface area (Å²) in [6.45, 7) is 0.0397. The van der Waals surface area contributed by atoms with E-state index in [0.717, 1.165) is 12.1 Å². The number of H-pyrrole nitrogens is 1. The Morgan fingerprint density at radius 2 is 2.20 bits per heavy atom. The summed E-state index contributed by atoms with van der Waals surface area (Å²) in [5.74, 6) is -2.03. The Labute approximate surface area is 111 Å². The van der Waals surface area contributed by atoms with Crippen molar-refractivity contribution in [3.8, 4) is 0 Å². The van der Waals surface area contributed by atoms with E-state index in [2.05, 4.69) is 31.3 Å². The molecule has 0 saturated carbocycles. The first-order valence-corrected chi connectivity index (χ1v) is 5.36. The molecule has 1 aromatic heterocycles. The Bertz CT molecular complexity index is 630. The Hall–Kier alpha value is -3.04. The fourth-order valence-electron chi connectivity index (χ4n) is 1.36. The molecule has 0 aliphatic rings. The Morgan fingerprint density at radius 3 is 2.80 bits per heavy atom. The zero-order valence-electron chi connectivity index (χ0n) is 9.92. The molecule has 0 radical (unpaired) electrons. The van der Waals surface area contributed by atoms with Crippen molar-refractivity contribution in [3.63, 3.8) is 0 Å². The smallest absolute Gasteiger partial charge is 0.338 e. The molecule has 0 spiro atoms. The second-order valence-corrected chi connectivity index (χ2v) is 3.64. The topological polar surface area (TPSA) is 133 Å². The highest BCUT2D eigenvalue weighted by Gasteiger charge is 2.11. The lowest BCUT2D eigenvalue weighted by molar-refractivity contribution is 0.0692. The zero-order chi connectivity index (χ0) is 14.5. The number of benzene rings is 1. The second-order valence-electron chi connectivity index (χ2n) is 3.64. The number of aromatic carboxylic acids is 1. The van der Waals surface area contributed by atoms with Crippen LogP contribution >= 0.6 is 0 Å². The van der Waals surface area contributed by atoms with Crippen molar-refractivity contribution < 1.29 is 19.1 Å². The van der Waals surface area contributed by atoms with E-state index < -0.39 is 23.4 Å². The highest BCUT2D eigenvalue weighted by molar-refractivity contribution is 5.91. The van der Waals surface area contributed by atoms with Crippen molar-refractivity contribution in [2.24, 2.45) is 0 Å². The van der Waals surface area contributed by atoms with Crippen LogP contribution in [0.2, 0.25) is 0 Å². The summed E-state index contributed by atoms with van der Waals surface area (Å²) in [7, 11) is 0. The molecule has 2 aromatic rings. The van der Waals surface area contributed by atoms with E-state index in [1.54, 1.807) is 0 Å². The highest BCUT2D eigenvalue weighted by Crippen LogP contribution is 2.14. The number of amides is 2. The van der Waals surface area contributed by atoms with Gasteiger partial charge in [-0.15, -0.1) is 10.2 Å². The quantitative estimate of drug-likeness (QED) is 0.639. The number of nitrogens with zero attached hydrogens (tertiary/aromatic N) is 3. The molecule has 1 aromatic carbocycles. The number of rotatable bonds is 4. The van der Waals surface area contributed by atoms with E-state index in [0.29, 0.717) is 0 Å². The van der Waals surface area contributed by atoms with Crippen molar-refractivity contribution in [2.45, 2.75) is 6.54 Å². The molecule has 0 fully saturated rings. The number of carbonyl (C=O) groups excluding carboxylic acids is 1. The summed E-state index contributed by atoms with van der Waals surface area (Å²) in [6.07, 6.45) is 0. The van der Waals surface area contributed by atoms with Crippen LogP contribution in [0.1, 0.15) is 16.2 Å². The van der Waals surface area contributed by atoms with Crippen LogP contribution in [0.4, 0.5) is 14.9 Å². The van der Waals surface area contributed by atoms with Crippen LogP contribution in [-0.2, 0) is 6.54 Å². The van der Waals surface area contributed by atoms with Gasteiger partial charge in [0, 0.05) is 5.69 Å². The second kappa shape index (κ2) is 5.73. The maximum absolute atomic E-state index is 13.4. The molecule has 9 nitrogen and oxygen atoms in total. The van der Waals surface area contributed by atoms with E-state index >= 15 is 0 Å². The van der Waals surface area contributed by atoms with Crippen molar-refractivity contribution in [3.05, 3.63) is 35.4 Å². The van der Waals surface area contributed by atoms with Crippen molar-refractivity contribution >= 4 is 17.7 Å². The average Bonchev–Trinajstić information content (AvgIpc) is 2.89. The summed E-state index contributed by atoms with van der Waals surface area (Å²) >= 11 is 0. The summed E-state index contributed by atoms with van der Waals surface area (Å²) in [6, 6.07) is 2.64. The number of carboxylic acids is 1. The van der Waals surface area contributed by atoms with E-state index in [-0.39, 0.29) is 18.1 Å². The van der Waals surface area contributed by atoms with Gasteiger partial charge < -0.3 is 15.7 Å². The van der Waals surface area contributed by atoms with Crippen LogP contribution in [0, 0.1) is 5.82 Å². The maximum atomic E-state index is 13.4. The van der Waals surface area contributed by atoms with E-state index in [1.807, 2.05) is 0 Å². The number of hydrogen-bond acceptors (Lipinski definition) is 5. The summed E-state index contributed by atoms with van der Waals surface area (Å²) in [4.78, 5) is 22.1. The normalized spacial score (nSPS) is 10.1. The first-order valence-electron chi connectivity index (χ1n) is 5.36. The van der Waals surface area contributed by atoms with Crippen molar-refractivity contribution in [2.75, 3.05) is 5.32 Å². The van der Waals surface area contributed by atoms with Crippen LogP contribution in [0.5, 0.6) is 0 Å². The third-order valence-corrected chi connectivity index (χ3v) is 2.25. The van der Waals surface area contributed by atoms with Crippen LogP contribution in [0.15, 0.2) is 18.2 Å². The van der Waals surface area contributed by atoms with Gasteiger partial charge in [0.05, 0.1) is 12.1 Å². The van der Waals surface area contributed by atoms with Gasteiger partial charge in [0.1, 0.15) is 5.82 Å². The predicted molar refractivity (Wildman–Crippen MR) is 63.4 cm³/mol. The number of halogens is 1. The van der Waals surface area contributed by atoms with Crippen molar-refractivity contribution in [1.82, 2.24) is 25.9 Å². The van der Waals surface area contributed by atoms with Crippen LogP contribution in [0.25, 0.3) is 0 Å². The van der Waals surface area contributed by atoms with Gasteiger partial charge in [0.15, 0.2) is 5.82 Å². The number of nitrogens with one attached hydrogen (secondary N) is 3. The molecular formula is C10H9FN6O3. The van der Waals surface area contributed by atoms with E-state index in [1.165, 1.54) is 6.07 Å². The first-order chi connectivity index (χ1) is 9.56. The summed E-state index contributed by atoms with van der Waals surface area (Å²) < 4.78 is 13.4. The molecule has 0 aliphatic heterocycles. The molecule has 20 heavy (non-hydrogen) atoms. The van der Waals surface area contributed by atoms with Crippen molar-refractivity contribution in [1.29, 1.82) is 0 Å². The number of tetrazole rings is 1. The number of urea groups is 1. The van der Waals surface area contributed by atoms with E-state index in [9.17, 15) is 14.0 Å². The lowest BCUT2D eigenvalue weighted by Gasteiger charge is -2.06. The molecule has 0 unspecified atom stereocenters. The van der Waals surface area contributed by atoms with Crippen LogP contribution in [0.3, 0.4) is 0 Å².